The molecule has 28 heavy (non-hydrogen) atoms. The van der Waals surface area contributed by atoms with Crippen LogP contribution in [-0.2, 0) is 4.79 Å². The van der Waals surface area contributed by atoms with Gasteiger partial charge in [0, 0.05) is 5.71 Å². The maximum Gasteiger partial charge on any atom is 0.272 e. The smallest absolute Gasteiger partial charge is 0.272 e. The molecule has 4 fully saturated rings. The summed E-state index contributed by atoms with van der Waals surface area (Å²) in [5.41, 5.74) is 6.06. The van der Waals surface area contributed by atoms with Gasteiger partial charge in [0.15, 0.2) is 6.04 Å². The van der Waals surface area contributed by atoms with Crippen molar-refractivity contribution in [1.29, 1.82) is 0 Å². The minimum atomic E-state index is -0.611. The molecule has 6 nitrogen and oxygen atoms in total. The number of hydrogen-bond donors (Lipinski definition) is 1. The van der Waals surface area contributed by atoms with E-state index in [-0.39, 0.29) is 5.91 Å². The summed E-state index contributed by atoms with van der Waals surface area (Å²) < 4.78 is 0. The van der Waals surface area contributed by atoms with Crippen molar-refractivity contribution in [1.82, 2.24) is 5.43 Å². The molecule has 1 unspecified atom stereocenters. The molecule has 4 saturated carbocycles. The van der Waals surface area contributed by atoms with Crippen molar-refractivity contribution >= 4 is 23.0 Å². The summed E-state index contributed by atoms with van der Waals surface area (Å²) in [6, 6.07) is 7.90. The third kappa shape index (κ3) is 3.19. The number of aliphatic imine (C=N–C) groups is 1. The van der Waals surface area contributed by atoms with Crippen LogP contribution in [0.3, 0.4) is 0 Å². The standard InChI is InChI=1S/C22H27N5O/c1-12(23-21-17-8-14-7-15(10-17)11-18(21)9-14)16-3-5-19(6-4-16)25-26-20-13(2)24-27-22(20)28/h3-6,14-15,17-18,20-21H,7-11H2,1-2H3,(H,27,28). The maximum atomic E-state index is 11.6. The lowest BCUT2D eigenvalue weighted by molar-refractivity contribution is -0.120. The van der Waals surface area contributed by atoms with E-state index in [0.717, 1.165) is 40.6 Å². The number of rotatable bonds is 4. The van der Waals surface area contributed by atoms with Gasteiger partial charge in [0.2, 0.25) is 0 Å². The molecule has 1 heterocycles. The molecule has 146 valence electrons. The SMILES string of the molecule is CC(=NC1C2CC3CC(C2)CC1C3)c1ccc(N=NC2C(=O)NN=C2C)cc1. The maximum absolute atomic E-state index is 11.6. The number of amides is 1. The van der Waals surface area contributed by atoms with Gasteiger partial charge in [-0.25, -0.2) is 5.43 Å². The Labute approximate surface area is 165 Å². The van der Waals surface area contributed by atoms with E-state index in [1.165, 1.54) is 32.1 Å². The van der Waals surface area contributed by atoms with Gasteiger partial charge in [0.1, 0.15) is 0 Å². The number of carbonyl (C=O) groups is 1. The zero-order valence-corrected chi connectivity index (χ0v) is 16.5. The second kappa shape index (κ2) is 6.90. The lowest BCUT2D eigenvalue weighted by atomic mass is 9.54. The van der Waals surface area contributed by atoms with E-state index in [2.05, 4.69) is 39.8 Å². The Morgan fingerprint density at radius 3 is 2.25 bits per heavy atom. The number of carbonyl (C=O) groups excluding carboxylic acids is 1. The van der Waals surface area contributed by atoms with E-state index in [0.29, 0.717) is 11.8 Å². The molecule has 0 spiro atoms. The summed E-state index contributed by atoms with van der Waals surface area (Å²) in [5.74, 6) is 3.35. The van der Waals surface area contributed by atoms with Crippen molar-refractivity contribution in [2.24, 2.45) is 44.0 Å². The summed E-state index contributed by atoms with van der Waals surface area (Å²) in [6.07, 6.45) is 7.05. The number of hydrazone groups is 1. The number of azo groups is 1. The first kappa shape index (κ1) is 17.7. The van der Waals surface area contributed by atoms with E-state index in [9.17, 15) is 4.79 Å². The lowest BCUT2D eigenvalue weighted by Crippen LogP contribution is -2.47. The van der Waals surface area contributed by atoms with Crippen LogP contribution in [0.1, 0.15) is 51.5 Å². The van der Waals surface area contributed by atoms with Crippen molar-refractivity contribution in [3.8, 4) is 0 Å². The van der Waals surface area contributed by atoms with Gasteiger partial charge in [0.25, 0.3) is 5.91 Å². The Kier molecular flexibility index (Phi) is 4.37. The number of nitrogens with zero attached hydrogens (tertiary/aromatic N) is 4. The Morgan fingerprint density at radius 2 is 1.68 bits per heavy atom. The van der Waals surface area contributed by atoms with Crippen molar-refractivity contribution in [2.75, 3.05) is 0 Å². The normalized spacial score (nSPS) is 36.9. The minimum Gasteiger partial charge on any atom is -0.286 e. The Balaban J connectivity index is 1.28. The van der Waals surface area contributed by atoms with Crippen molar-refractivity contribution in [3.05, 3.63) is 29.8 Å². The van der Waals surface area contributed by atoms with Gasteiger partial charge in [-0.15, -0.1) is 0 Å². The first-order valence-corrected chi connectivity index (χ1v) is 10.5. The second-order valence-corrected chi connectivity index (χ2v) is 9.03. The topological polar surface area (TPSA) is 78.5 Å². The van der Waals surface area contributed by atoms with Crippen molar-refractivity contribution in [2.45, 2.75) is 58.0 Å². The molecular weight excluding hydrogens is 350 g/mol. The monoisotopic (exact) mass is 377 g/mol. The van der Waals surface area contributed by atoms with Gasteiger partial charge in [-0.05, 0) is 87.3 Å². The molecule has 4 aliphatic carbocycles. The highest BCUT2D eigenvalue weighted by Crippen LogP contribution is 2.54. The van der Waals surface area contributed by atoms with E-state index in [1.54, 1.807) is 6.92 Å². The summed E-state index contributed by atoms with van der Waals surface area (Å²) in [6.45, 7) is 3.90. The quantitative estimate of drug-likeness (QED) is 0.617. The molecular formula is C22H27N5O. The molecule has 1 aliphatic heterocycles. The molecule has 1 aromatic carbocycles. The van der Waals surface area contributed by atoms with Crippen LogP contribution in [0.25, 0.3) is 0 Å². The molecule has 6 heteroatoms. The zero-order chi connectivity index (χ0) is 19.3. The molecule has 1 aromatic rings. The predicted octanol–water partition coefficient (Wildman–Crippen LogP) is 4.28. The van der Waals surface area contributed by atoms with E-state index in [1.807, 2.05) is 12.1 Å². The minimum absolute atomic E-state index is 0.225. The zero-order valence-electron chi connectivity index (χ0n) is 16.5. The lowest BCUT2D eigenvalue weighted by Gasteiger charge is -2.53. The summed E-state index contributed by atoms with van der Waals surface area (Å²) in [4.78, 5) is 16.8. The van der Waals surface area contributed by atoms with Gasteiger partial charge < -0.3 is 0 Å². The Morgan fingerprint density at radius 1 is 1.04 bits per heavy atom. The number of nitrogens with one attached hydrogen (secondary N) is 1. The summed E-state index contributed by atoms with van der Waals surface area (Å²) in [7, 11) is 0. The highest BCUT2D eigenvalue weighted by Gasteiger charge is 2.48. The molecule has 5 aliphatic rings. The Hall–Kier alpha value is -2.37. The van der Waals surface area contributed by atoms with Crippen LogP contribution < -0.4 is 5.43 Å². The molecule has 0 radical (unpaired) electrons. The van der Waals surface area contributed by atoms with Crippen LogP contribution in [0.2, 0.25) is 0 Å². The van der Waals surface area contributed by atoms with Crippen LogP contribution in [0.4, 0.5) is 5.69 Å². The summed E-state index contributed by atoms with van der Waals surface area (Å²) >= 11 is 0. The molecule has 4 bridgehead atoms. The van der Waals surface area contributed by atoms with Gasteiger partial charge >= 0.3 is 0 Å². The van der Waals surface area contributed by atoms with Crippen LogP contribution in [0.15, 0.2) is 44.6 Å². The first-order chi connectivity index (χ1) is 13.6. The second-order valence-electron chi connectivity index (χ2n) is 9.03. The molecule has 1 N–H and O–H groups in total. The summed E-state index contributed by atoms with van der Waals surface area (Å²) in [5, 5.41) is 12.2. The van der Waals surface area contributed by atoms with Gasteiger partial charge in [-0.1, -0.05) is 12.1 Å². The Bertz CT molecular complexity index is 841. The highest BCUT2D eigenvalue weighted by atomic mass is 16.2. The molecule has 0 aromatic heterocycles. The van der Waals surface area contributed by atoms with Gasteiger partial charge in [-0.2, -0.15) is 15.3 Å². The largest absolute Gasteiger partial charge is 0.286 e. The molecule has 0 saturated heterocycles. The van der Waals surface area contributed by atoms with Crippen LogP contribution in [-0.4, -0.2) is 29.4 Å². The molecule has 1 atom stereocenters. The van der Waals surface area contributed by atoms with E-state index >= 15 is 0 Å². The fraction of sp³-hybridized carbons (Fsp3) is 0.591. The van der Waals surface area contributed by atoms with Crippen LogP contribution >= 0.6 is 0 Å². The van der Waals surface area contributed by atoms with Crippen LogP contribution in [0.5, 0.6) is 0 Å². The van der Waals surface area contributed by atoms with E-state index in [4.69, 9.17) is 4.99 Å². The molecule has 6 rings (SSSR count). The fourth-order valence-electron chi connectivity index (χ4n) is 5.89. The molecule has 1 amide bonds. The van der Waals surface area contributed by atoms with Crippen molar-refractivity contribution in [3.63, 3.8) is 0 Å². The average molecular weight is 377 g/mol. The predicted molar refractivity (Wildman–Crippen MR) is 109 cm³/mol. The van der Waals surface area contributed by atoms with Gasteiger partial charge in [-0.3, -0.25) is 9.79 Å². The first-order valence-electron chi connectivity index (χ1n) is 10.5. The fourth-order valence-corrected chi connectivity index (χ4v) is 5.89. The van der Waals surface area contributed by atoms with Gasteiger partial charge in [0.05, 0.1) is 17.4 Å². The third-order valence-electron chi connectivity index (χ3n) is 7.08. The third-order valence-corrected chi connectivity index (χ3v) is 7.08. The highest BCUT2D eigenvalue weighted by molar-refractivity contribution is 6.10. The average Bonchev–Trinajstić information content (AvgIpc) is 3.00. The number of hydrogen-bond acceptors (Lipinski definition) is 5. The van der Waals surface area contributed by atoms with Crippen molar-refractivity contribution < 1.29 is 4.79 Å². The van der Waals surface area contributed by atoms with Crippen LogP contribution in [0, 0.1) is 23.7 Å². The van der Waals surface area contributed by atoms with E-state index < -0.39 is 6.04 Å². The number of benzene rings is 1.